The van der Waals surface area contributed by atoms with Gasteiger partial charge in [-0.1, -0.05) is 74.5 Å². The van der Waals surface area contributed by atoms with E-state index < -0.39 is 0 Å². The average molecular weight is 444 g/mol. The van der Waals surface area contributed by atoms with Gasteiger partial charge in [-0.25, -0.2) is 0 Å². The van der Waals surface area contributed by atoms with E-state index in [0.717, 1.165) is 29.4 Å². The van der Waals surface area contributed by atoms with Gasteiger partial charge in [0.2, 0.25) is 0 Å². The molecule has 1 saturated heterocycles. The minimum absolute atomic E-state index is 0.00918. The highest BCUT2D eigenvalue weighted by Gasteiger charge is 2.45. The van der Waals surface area contributed by atoms with Crippen molar-refractivity contribution in [3.05, 3.63) is 99.2 Å². The highest BCUT2D eigenvalue weighted by molar-refractivity contribution is 8.03. The molecule has 0 amide bonds. The standard InChI is InChI=1S/C27H25NO3S/c1-27(2)15-19-21(20(29)16-27)22(24(30)17-9-5-3-6-10-17)23(26-28(19)13-14-32-26)25(31)18-11-7-4-8-12-18/h3-12,30H,13-16H2,1-2H3. The van der Waals surface area contributed by atoms with Crippen LogP contribution in [0.3, 0.4) is 0 Å². The summed E-state index contributed by atoms with van der Waals surface area (Å²) < 4.78 is 0. The van der Waals surface area contributed by atoms with E-state index in [1.54, 1.807) is 23.9 Å². The SMILES string of the molecule is CC1(C)CC(=O)C2=C(C1)N1CCSC1=C(C(=O)c1ccccc1)C2=C(O)c1ccccc1. The Kier molecular flexibility index (Phi) is 5.09. The highest BCUT2D eigenvalue weighted by Crippen LogP contribution is 2.52. The lowest BCUT2D eigenvalue weighted by Crippen LogP contribution is -2.37. The largest absolute Gasteiger partial charge is 0.507 e. The van der Waals surface area contributed by atoms with Crippen LogP contribution in [0.2, 0.25) is 0 Å². The second-order valence-electron chi connectivity index (χ2n) is 9.23. The van der Waals surface area contributed by atoms with Crippen LogP contribution in [0.25, 0.3) is 5.76 Å². The van der Waals surface area contributed by atoms with Gasteiger partial charge in [-0.05, 0) is 11.8 Å². The zero-order chi connectivity index (χ0) is 22.5. The number of benzene rings is 2. The Morgan fingerprint density at radius 2 is 1.59 bits per heavy atom. The molecule has 32 heavy (non-hydrogen) atoms. The predicted molar refractivity (Wildman–Crippen MR) is 128 cm³/mol. The zero-order valence-corrected chi connectivity index (χ0v) is 19.0. The van der Waals surface area contributed by atoms with Crippen LogP contribution in [0.1, 0.15) is 42.6 Å². The molecular weight excluding hydrogens is 418 g/mol. The zero-order valence-electron chi connectivity index (χ0n) is 18.2. The molecule has 0 spiro atoms. The van der Waals surface area contributed by atoms with Crippen molar-refractivity contribution >= 4 is 29.1 Å². The van der Waals surface area contributed by atoms with Crippen LogP contribution >= 0.6 is 11.8 Å². The van der Waals surface area contributed by atoms with Crippen molar-refractivity contribution < 1.29 is 14.7 Å². The number of hydrogen-bond acceptors (Lipinski definition) is 5. The Labute approximate surface area is 192 Å². The molecule has 0 atom stereocenters. The van der Waals surface area contributed by atoms with Crippen molar-refractivity contribution in [1.29, 1.82) is 0 Å². The molecule has 0 bridgehead atoms. The van der Waals surface area contributed by atoms with Crippen LogP contribution < -0.4 is 0 Å². The molecule has 5 rings (SSSR count). The lowest BCUT2D eigenvalue weighted by molar-refractivity contribution is -0.118. The Bertz CT molecular complexity index is 1210. The minimum atomic E-state index is -0.165. The Morgan fingerprint density at radius 1 is 0.969 bits per heavy atom. The fraction of sp³-hybridized carbons (Fsp3) is 0.259. The number of fused-ring (bicyclic) bond motifs is 2. The van der Waals surface area contributed by atoms with Crippen LogP contribution in [0.5, 0.6) is 0 Å². The van der Waals surface area contributed by atoms with Crippen molar-refractivity contribution in [3.8, 4) is 0 Å². The van der Waals surface area contributed by atoms with Crippen molar-refractivity contribution in [3.63, 3.8) is 0 Å². The van der Waals surface area contributed by atoms with Crippen molar-refractivity contribution in [2.75, 3.05) is 12.3 Å². The molecule has 5 heteroatoms. The number of hydrogen-bond donors (Lipinski definition) is 1. The number of Topliss-reactive ketones (excluding diaryl/α,β-unsaturated/α-hetero) is 2. The maximum absolute atomic E-state index is 13.8. The molecule has 2 aromatic carbocycles. The fourth-order valence-electron chi connectivity index (χ4n) is 4.83. The number of ketones is 2. The maximum Gasteiger partial charge on any atom is 0.196 e. The Balaban J connectivity index is 1.81. The number of rotatable bonds is 3. The maximum atomic E-state index is 13.8. The van der Waals surface area contributed by atoms with E-state index in [1.165, 1.54) is 0 Å². The summed E-state index contributed by atoms with van der Waals surface area (Å²) in [4.78, 5) is 29.5. The fourth-order valence-corrected chi connectivity index (χ4v) is 6.00. The van der Waals surface area contributed by atoms with Crippen LogP contribution in [-0.4, -0.2) is 33.9 Å². The van der Waals surface area contributed by atoms with Gasteiger partial charge in [-0.15, -0.1) is 11.8 Å². The second-order valence-corrected chi connectivity index (χ2v) is 10.3. The highest BCUT2D eigenvalue weighted by atomic mass is 32.2. The third-order valence-electron chi connectivity index (χ3n) is 6.24. The normalized spacial score (nSPS) is 21.4. The molecule has 3 aliphatic rings. The van der Waals surface area contributed by atoms with Gasteiger partial charge in [-0.3, -0.25) is 9.59 Å². The van der Waals surface area contributed by atoms with Gasteiger partial charge in [0.25, 0.3) is 0 Å². The Morgan fingerprint density at radius 3 is 2.25 bits per heavy atom. The third-order valence-corrected chi connectivity index (χ3v) is 7.32. The molecule has 2 heterocycles. The van der Waals surface area contributed by atoms with Crippen LogP contribution in [-0.2, 0) is 4.79 Å². The molecule has 1 fully saturated rings. The average Bonchev–Trinajstić information content (AvgIpc) is 3.28. The summed E-state index contributed by atoms with van der Waals surface area (Å²) in [7, 11) is 0. The number of aliphatic hydroxyl groups excluding tert-OH is 1. The molecule has 1 aliphatic carbocycles. The topological polar surface area (TPSA) is 57.6 Å². The number of allylic oxidation sites excluding steroid dienone is 4. The first-order valence-electron chi connectivity index (χ1n) is 10.9. The first-order chi connectivity index (χ1) is 15.4. The van der Waals surface area contributed by atoms with E-state index in [-0.39, 0.29) is 22.7 Å². The van der Waals surface area contributed by atoms with Crippen molar-refractivity contribution in [2.45, 2.75) is 26.7 Å². The summed E-state index contributed by atoms with van der Waals surface area (Å²) in [6.45, 7) is 4.96. The van der Waals surface area contributed by atoms with E-state index in [4.69, 9.17) is 0 Å². The second kappa shape index (κ2) is 7.82. The van der Waals surface area contributed by atoms with Crippen LogP contribution in [0.15, 0.2) is 88.1 Å². The summed E-state index contributed by atoms with van der Waals surface area (Å²) >= 11 is 1.62. The van der Waals surface area contributed by atoms with Gasteiger partial charge >= 0.3 is 0 Å². The van der Waals surface area contributed by atoms with E-state index in [9.17, 15) is 14.7 Å². The third kappa shape index (κ3) is 3.41. The summed E-state index contributed by atoms with van der Waals surface area (Å²) in [6, 6.07) is 18.3. The van der Waals surface area contributed by atoms with Crippen LogP contribution in [0, 0.1) is 5.41 Å². The molecule has 2 aromatic rings. The molecular formula is C27H25NO3S. The molecule has 1 N–H and O–H groups in total. The molecule has 2 aliphatic heterocycles. The van der Waals surface area contributed by atoms with Gasteiger partial charge in [0.15, 0.2) is 11.6 Å². The lowest BCUT2D eigenvalue weighted by Gasteiger charge is -2.41. The minimum Gasteiger partial charge on any atom is -0.507 e. The lowest BCUT2D eigenvalue weighted by atomic mass is 9.71. The van der Waals surface area contributed by atoms with Crippen molar-refractivity contribution in [1.82, 2.24) is 4.90 Å². The number of nitrogens with zero attached hydrogens (tertiary/aromatic N) is 1. The Hall–Kier alpha value is -3.05. The van der Waals surface area contributed by atoms with Gasteiger partial charge in [-0.2, -0.15) is 0 Å². The van der Waals surface area contributed by atoms with Gasteiger partial charge in [0.1, 0.15) is 5.76 Å². The molecule has 0 unspecified atom stereocenters. The van der Waals surface area contributed by atoms with E-state index in [0.29, 0.717) is 34.3 Å². The summed E-state index contributed by atoms with van der Waals surface area (Å²) in [5, 5.41) is 12.3. The summed E-state index contributed by atoms with van der Waals surface area (Å²) in [5.74, 6) is 0.654. The molecule has 0 radical (unpaired) electrons. The summed E-state index contributed by atoms with van der Waals surface area (Å²) in [5.41, 5.74) is 3.26. The first-order valence-corrected chi connectivity index (χ1v) is 11.9. The summed E-state index contributed by atoms with van der Waals surface area (Å²) in [6.07, 6.45) is 1.12. The number of carbonyl (C=O) groups is 2. The van der Waals surface area contributed by atoms with Crippen LogP contribution in [0.4, 0.5) is 0 Å². The monoisotopic (exact) mass is 443 g/mol. The van der Waals surface area contributed by atoms with E-state index in [2.05, 4.69) is 18.7 Å². The first kappa shape index (κ1) is 20.8. The van der Waals surface area contributed by atoms with Gasteiger partial charge < -0.3 is 10.0 Å². The van der Waals surface area contributed by atoms with E-state index >= 15 is 0 Å². The molecule has 0 aromatic heterocycles. The molecule has 0 saturated carbocycles. The number of aliphatic hydroxyl groups is 1. The smallest absolute Gasteiger partial charge is 0.196 e. The molecule has 162 valence electrons. The predicted octanol–water partition coefficient (Wildman–Crippen LogP) is 5.76. The van der Waals surface area contributed by atoms with Gasteiger partial charge in [0, 0.05) is 46.7 Å². The van der Waals surface area contributed by atoms with E-state index in [1.807, 2.05) is 48.5 Å². The molecule has 4 nitrogen and oxygen atoms in total. The quantitative estimate of drug-likeness (QED) is 0.483. The number of thioether (sulfide) groups is 1. The van der Waals surface area contributed by atoms with Gasteiger partial charge in [0.05, 0.1) is 10.6 Å². The van der Waals surface area contributed by atoms with Crippen molar-refractivity contribution in [2.24, 2.45) is 5.41 Å². The number of carbonyl (C=O) groups excluding carboxylic acids is 2.